The van der Waals surface area contributed by atoms with E-state index in [1.807, 2.05) is 24.3 Å². The third-order valence-corrected chi connectivity index (χ3v) is 4.20. The number of carbonyl (C=O) groups excluding carboxylic acids is 1. The molecule has 24 heavy (non-hydrogen) atoms. The van der Waals surface area contributed by atoms with Crippen molar-refractivity contribution < 1.29 is 14.1 Å². The Balaban J connectivity index is 1.77. The lowest BCUT2D eigenvalue weighted by Crippen LogP contribution is -2.19. The van der Waals surface area contributed by atoms with Crippen molar-refractivity contribution in [1.82, 2.24) is 5.32 Å². The number of rotatable bonds is 4. The van der Waals surface area contributed by atoms with E-state index >= 15 is 0 Å². The number of thioether (sulfide) groups is 1. The summed E-state index contributed by atoms with van der Waals surface area (Å²) in [6.07, 6.45) is 2.40. The van der Waals surface area contributed by atoms with Gasteiger partial charge in [0.1, 0.15) is 10.7 Å². The van der Waals surface area contributed by atoms with Crippen LogP contribution in [0.2, 0.25) is 0 Å². The average molecular weight is 343 g/mol. The molecular formula is C16H13N3O4S. The normalized spacial score (nSPS) is 17.5. The Hall–Kier alpha value is -2.87. The number of benzene rings is 1. The Bertz CT molecular complexity index is 852. The second kappa shape index (κ2) is 6.71. The van der Waals surface area contributed by atoms with Crippen LogP contribution in [0.1, 0.15) is 18.2 Å². The molecule has 1 aromatic heterocycles. The topological polar surface area (TPSA) is 97.7 Å². The Kier molecular flexibility index (Phi) is 4.48. The summed E-state index contributed by atoms with van der Waals surface area (Å²) in [5, 5.41) is 13.7. The lowest BCUT2D eigenvalue weighted by atomic mass is 10.2. The van der Waals surface area contributed by atoms with Crippen molar-refractivity contribution in [2.75, 3.05) is 0 Å². The first-order valence-corrected chi connectivity index (χ1v) is 7.99. The van der Waals surface area contributed by atoms with Crippen molar-refractivity contribution in [3.63, 3.8) is 0 Å². The summed E-state index contributed by atoms with van der Waals surface area (Å²) < 4.78 is 5.03. The number of carbonyl (C=O) groups is 1. The summed E-state index contributed by atoms with van der Waals surface area (Å²) >= 11 is 1.16. The minimum Gasteiger partial charge on any atom is -0.401 e. The summed E-state index contributed by atoms with van der Waals surface area (Å²) in [5.74, 6) is -0.439. The number of amidine groups is 1. The number of nitrogens with zero attached hydrogens (tertiary/aromatic N) is 2. The summed E-state index contributed by atoms with van der Waals surface area (Å²) in [6.45, 7) is 2.07. The summed E-state index contributed by atoms with van der Waals surface area (Å²) in [7, 11) is 0. The standard InChI is InChI=1S/C16H13N3O4S/c1-2-10-3-5-11(6-4-10)17-16-18-15(20)13(24-16)9-12-7-8-14(23-12)19(21)22/h3-9H,2H2,1H3,(H,17,18,20)/b13-9-. The van der Waals surface area contributed by atoms with E-state index in [1.165, 1.54) is 23.8 Å². The quantitative estimate of drug-likeness (QED) is 0.519. The van der Waals surface area contributed by atoms with Gasteiger partial charge in [-0.3, -0.25) is 14.9 Å². The predicted molar refractivity (Wildman–Crippen MR) is 92.0 cm³/mol. The molecule has 0 saturated carbocycles. The number of nitro groups is 1. The van der Waals surface area contributed by atoms with Crippen molar-refractivity contribution in [3.8, 4) is 0 Å². The Morgan fingerprint density at radius 1 is 1.29 bits per heavy atom. The lowest BCUT2D eigenvalue weighted by molar-refractivity contribution is -0.402. The van der Waals surface area contributed by atoms with Crippen LogP contribution in [0.3, 0.4) is 0 Å². The van der Waals surface area contributed by atoms with Gasteiger partial charge in [0.15, 0.2) is 5.17 Å². The smallest absolute Gasteiger partial charge is 0.401 e. The summed E-state index contributed by atoms with van der Waals surface area (Å²) in [5.41, 5.74) is 1.95. The lowest BCUT2D eigenvalue weighted by Gasteiger charge is -1.98. The molecular weight excluding hydrogens is 330 g/mol. The molecule has 3 rings (SSSR count). The van der Waals surface area contributed by atoms with Crippen LogP contribution < -0.4 is 5.32 Å². The second-order valence-corrected chi connectivity index (χ2v) is 5.97. The van der Waals surface area contributed by atoms with Crippen molar-refractivity contribution in [2.24, 2.45) is 4.99 Å². The van der Waals surface area contributed by atoms with Crippen LogP contribution in [0, 0.1) is 10.1 Å². The van der Waals surface area contributed by atoms with E-state index in [1.54, 1.807) is 0 Å². The van der Waals surface area contributed by atoms with E-state index in [0.29, 0.717) is 10.1 Å². The number of aliphatic imine (C=N–C) groups is 1. The van der Waals surface area contributed by atoms with E-state index in [2.05, 4.69) is 17.2 Å². The van der Waals surface area contributed by atoms with Gasteiger partial charge in [-0.05, 0) is 41.9 Å². The fourth-order valence-corrected chi connectivity index (χ4v) is 2.87. The molecule has 0 bridgehead atoms. The molecule has 0 radical (unpaired) electrons. The van der Waals surface area contributed by atoms with Gasteiger partial charge in [-0.1, -0.05) is 19.1 Å². The van der Waals surface area contributed by atoms with E-state index in [-0.39, 0.29) is 17.6 Å². The zero-order valence-electron chi connectivity index (χ0n) is 12.7. The Morgan fingerprint density at radius 2 is 2.04 bits per heavy atom. The van der Waals surface area contributed by atoms with Gasteiger partial charge < -0.3 is 9.73 Å². The highest BCUT2D eigenvalue weighted by Gasteiger charge is 2.24. The van der Waals surface area contributed by atoms with Crippen molar-refractivity contribution >= 4 is 40.5 Å². The minimum absolute atomic E-state index is 0.243. The highest BCUT2D eigenvalue weighted by molar-refractivity contribution is 8.18. The highest BCUT2D eigenvalue weighted by atomic mass is 32.2. The molecule has 1 saturated heterocycles. The molecule has 8 heteroatoms. The van der Waals surface area contributed by atoms with Gasteiger partial charge in [-0.15, -0.1) is 0 Å². The summed E-state index contributed by atoms with van der Waals surface area (Å²) in [4.78, 5) is 26.7. The fraction of sp³-hybridized carbons (Fsp3) is 0.125. The van der Waals surface area contributed by atoms with Gasteiger partial charge in [-0.25, -0.2) is 4.99 Å². The van der Waals surface area contributed by atoms with E-state index in [4.69, 9.17) is 4.42 Å². The van der Waals surface area contributed by atoms with Crippen molar-refractivity contribution in [3.05, 3.63) is 62.7 Å². The molecule has 1 N–H and O–H groups in total. The van der Waals surface area contributed by atoms with Gasteiger partial charge in [0, 0.05) is 6.08 Å². The van der Waals surface area contributed by atoms with Crippen molar-refractivity contribution in [1.29, 1.82) is 0 Å². The first-order valence-electron chi connectivity index (χ1n) is 7.18. The minimum atomic E-state index is -0.628. The molecule has 0 atom stereocenters. The van der Waals surface area contributed by atoms with Crippen LogP contribution in [0.4, 0.5) is 11.6 Å². The van der Waals surface area contributed by atoms with Crippen LogP contribution in [0.5, 0.6) is 0 Å². The Morgan fingerprint density at radius 3 is 2.67 bits per heavy atom. The number of hydrogen-bond acceptors (Lipinski definition) is 6. The molecule has 2 aromatic rings. The molecule has 0 spiro atoms. The molecule has 1 aliphatic rings. The van der Waals surface area contributed by atoms with Gasteiger partial charge in [0.05, 0.1) is 16.7 Å². The van der Waals surface area contributed by atoms with Crippen LogP contribution in [0.15, 0.2) is 50.7 Å². The maximum Gasteiger partial charge on any atom is 0.433 e. The molecule has 2 heterocycles. The molecule has 0 aliphatic carbocycles. The van der Waals surface area contributed by atoms with Crippen LogP contribution >= 0.6 is 11.8 Å². The predicted octanol–water partition coefficient (Wildman–Crippen LogP) is 3.64. The zero-order chi connectivity index (χ0) is 17.1. The first kappa shape index (κ1) is 16.0. The van der Waals surface area contributed by atoms with Gasteiger partial charge >= 0.3 is 5.88 Å². The van der Waals surface area contributed by atoms with Crippen LogP contribution in [0.25, 0.3) is 6.08 Å². The molecule has 122 valence electrons. The van der Waals surface area contributed by atoms with Crippen molar-refractivity contribution in [2.45, 2.75) is 13.3 Å². The van der Waals surface area contributed by atoms with E-state index < -0.39 is 4.92 Å². The highest BCUT2D eigenvalue weighted by Crippen LogP contribution is 2.29. The average Bonchev–Trinajstić information content (AvgIpc) is 3.16. The molecule has 7 nitrogen and oxygen atoms in total. The monoisotopic (exact) mass is 343 g/mol. The summed E-state index contributed by atoms with van der Waals surface area (Å²) in [6, 6.07) is 10.4. The number of nitrogens with one attached hydrogen (secondary N) is 1. The Labute approximate surface area is 141 Å². The molecule has 1 fully saturated rings. The molecule has 1 aliphatic heterocycles. The van der Waals surface area contributed by atoms with Gasteiger partial charge in [0.2, 0.25) is 0 Å². The van der Waals surface area contributed by atoms with Gasteiger partial charge in [-0.2, -0.15) is 0 Å². The van der Waals surface area contributed by atoms with Gasteiger partial charge in [0.25, 0.3) is 5.91 Å². The fourth-order valence-electron chi connectivity index (χ4n) is 2.05. The zero-order valence-corrected chi connectivity index (χ0v) is 13.5. The maximum absolute atomic E-state index is 12.0. The first-order chi connectivity index (χ1) is 11.5. The second-order valence-electron chi connectivity index (χ2n) is 4.93. The largest absolute Gasteiger partial charge is 0.433 e. The van der Waals surface area contributed by atoms with Crippen LogP contribution in [-0.4, -0.2) is 16.0 Å². The number of amides is 1. The van der Waals surface area contributed by atoms with E-state index in [9.17, 15) is 14.9 Å². The maximum atomic E-state index is 12.0. The molecule has 0 unspecified atom stereocenters. The number of aryl methyl sites for hydroxylation is 1. The SMILES string of the molecule is CCc1ccc(N=C2NC(=O)/C(=C/c3ccc([N+](=O)[O-])o3)S2)cc1. The van der Waals surface area contributed by atoms with E-state index in [0.717, 1.165) is 23.9 Å². The molecule has 1 amide bonds. The molecule has 1 aromatic carbocycles. The number of furan rings is 1. The number of hydrogen-bond donors (Lipinski definition) is 1. The van der Waals surface area contributed by atoms with Crippen LogP contribution in [-0.2, 0) is 11.2 Å². The third kappa shape index (κ3) is 3.54. The third-order valence-electron chi connectivity index (χ3n) is 3.29.